The fourth-order valence-electron chi connectivity index (χ4n) is 4.31. The van der Waals surface area contributed by atoms with Gasteiger partial charge in [0, 0.05) is 17.2 Å². The van der Waals surface area contributed by atoms with Gasteiger partial charge >= 0.3 is 5.97 Å². The van der Waals surface area contributed by atoms with Gasteiger partial charge in [-0.15, -0.1) is 0 Å². The van der Waals surface area contributed by atoms with E-state index in [-0.39, 0.29) is 5.78 Å². The molecule has 182 valence electrons. The Hall–Kier alpha value is -3.66. The summed E-state index contributed by atoms with van der Waals surface area (Å²) in [5, 5.41) is 8.72. The van der Waals surface area contributed by atoms with Crippen LogP contribution in [0.25, 0.3) is 6.08 Å². The van der Waals surface area contributed by atoms with E-state index in [1.165, 1.54) is 6.42 Å². The molecule has 3 aromatic carbocycles. The Morgan fingerprint density at radius 2 is 1.60 bits per heavy atom. The Kier molecular flexibility index (Phi) is 10.3. The number of ether oxygens (including phenoxy) is 1. The lowest BCUT2D eigenvalue weighted by atomic mass is 9.89. The highest BCUT2D eigenvalue weighted by atomic mass is 16.5. The van der Waals surface area contributed by atoms with Crippen molar-refractivity contribution in [3.8, 4) is 5.75 Å². The fraction of sp³-hybridized carbons (Fsp3) is 0.290. The van der Waals surface area contributed by atoms with Gasteiger partial charge in [-0.1, -0.05) is 86.5 Å². The molecule has 0 amide bonds. The normalized spacial score (nSPS) is 11.9. The molecule has 0 aliphatic rings. The number of rotatable bonds is 14. The van der Waals surface area contributed by atoms with Crippen LogP contribution in [0.1, 0.15) is 66.1 Å². The van der Waals surface area contributed by atoms with Gasteiger partial charge in [0.15, 0.2) is 5.78 Å². The zero-order chi connectivity index (χ0) is 24.9. The first-order valence-electron chi connectivity index (χ1n) is 12.4. The fourth-order valence-corrected chi connectivity index (χ4v) is 4.31. The lowest BCUT2D eigenvalue weighted by Crippen LogP contribution is -2.09. The predicted octanol–water partition coefficient (Wildman–Crippen LogP) is 7.22. The molecule has 0 spiro atoms. The van der Waals surface area contributed by atoms with Crippen molar-refractivity contribution in [3.05, 3.63) is 107 Å². The topological polar surface area (TPSA) is 63.6 Å². The molecule has 4 heteroatoms. The van der Waals surface area contributed by atoms with E-state index in [2.05, 4.69) is 13.0 Å². The van der Waals surface area contributed by atoms with Crippen LogP contribution in [0.3, 0.4) is 0 Å². The van der Waals surface area contributed by atoms with Gasteiger partial charge in [0.25, 0.3) is 0 Å². The van der Waals surface area contributed by atoms with Crippen LogP contribution in [0.4, 0.5) is 0 Å². The van der Waals surface area contributed by atoms with Crippen molar-refractivity contribution in [2.24, 2.45) is 5.92 Å². The molecule has 0 aromatic heterocycles. The van der Waals surface area contributed by atoms with Crippen LogP contribution >= 0.6 is 0 Å². The number of carbonyl (C=O) groups is 2. The average molecular weight is 471 g/mol. The van der Waals surface area contributed by atoms with Crippen molar-refractivity contribution in [1.29, 1.82) is 0 Å². The number of aryl methyl sites for hydroxylation is 1. The maximum absolute atomic E-state index is 13.0. The monoisotopic (exact) mass is 470 g/mol. The average Bonchev–Trinajstić information content (AvgIpc) is 2.89. The first-order valence-corrected chi connectivity index (χ1v) is 12.4. The third kappa shape index (κ3) is 8.56. The molecule has 3 rings (SSSR count). The first kappa shape index (κ1) is 26.0. The van der Waals surface area contributed by atoms with E-state index in [9.17, 15) is 9.59 Å². The standard InChI is InChI=1S/C31H34O4/c1-2-9-24(10-8-23-35-28-20-16-25(17-21-28)18-22-30(32)33)15-19-26-11-6-7-14-29(26)31(34)27-12-4-3-5-13-27/h3-7,11-14,16-18,20-22,24H,2,8-10,15,19,23H2,1H3,(H,32,33). The number of carbonyl (C=O) groups excluding carboxylic acids is 1. The van der Waals surface area contributed by atoms with Gasteiger partial charge in [0.05, 0.1) is 6.61 Å². The summed E-state index contributed by atoms with van der Waals surface area (Å²) in [6.07, 6.45) is 8.99. The zero-order valence-electron chi connectivity index (χ0n) is 20.4. The number of carboxylic acids is 1. The molecule has 1 unspecified atom stereocenters. The van der Waals surface area contributed by atoms with Crippen molar-refractivity contribution in [3.63, 3.8) is 0 Å². The lowest BCUT2D eigenvalue weighted by molar-refractivity contribution is -0.131. The van der Waals surface area contributed by atoms with Gasteiger partial charge in [-0.2, -0.15) is 0 Å². The van der Waals surface area contributed by atoms with Crippen molar-refractivity contribution >= 4 is 17.8 Å². The molecule has 0 fully saturated rings. The van der Waals surface area contributed by atoms with E-state index in [1.54, 1.807) is 6.08 Å². The molecular weight excluding hydrogens is 436 g/mol. The first-order chi connectivity index (χ1) is 17.1. The Balaban J connectivity index is 1.50. The Labute approximate surface area is 208 Å². The highest BCUT2D eigenvalue weighted by Gasteiger charge is 2.15. The van der Waals surface area contributed by atoms with E-state index < -0.39 is 5.97 Å². The highest BCUT2D eigenvalue weighted by Crippen LogP contribution is 2.23. The third-order valence-corrected chi connectivity index (χ3v) is 6.14. The van der Waals surface area contributed by atoms with E-state index in [0.717, 1.165) is 66.2 Å². The van der Waals surface area contributed by atoms with Gasteiger partial charge in [0.2, 0.25) is 0 Å². The summed E-state index contributed by atoms with van der Waals surface area (Å²) < 4.78 is 5.89. The number of hydrogen-bond acceptors (Lipinski definition) is 3. The summed E-state index contributed by atoms with van der Waals surface area (Å²) in [6.45, 7) is 2.87. The second kappa shape index (κ2) is 13.9. The lowest BCUT2D eigenvalue weighted by Gasteiger charge is -2.17. The smallest absolute Gasteiger partial charge is 0.328 e. The minimum Gasteiger partial charge on any atom is -0.494 e. The van der Waals surface area contributed by atoms with Crippen molar-refractivity contribution in [2.75, 3.05) is 6.61 Å². The number of benzene rings is 3. The van der Waals surface area contributed by atoms with Crippen LogP contribution in [0.5, 0.6) is 5.75 Å². The zero-order valence-corrected chi connectivity index (χ0v) is 20.4. The summed E-state index contributed by atoms with van der Waals surface area (Å²) in [7, 11) is 0. The van der Waals surface area contributed by atoms with E-state index in [0.29, 0.717) is 12.5 Å². The number of ketones is 1. The summed E-state index contributed by atoms with van der Waals surface area (Å²) in [4.78, 5) is 23.6. The quantitative estimate of drug-likeness (QED) is 0.153. The summed E-state index contributed by atoms with van der Waals surface area (Å²) in [5.74, 6) is 0.509. The SMILES string of the molecule is CCCC(CCCOc1ccc(C=CC(=O)O)cc1)CCc1ccccc1C(=O)c1ccccc1. The molecule has 35 heavy (non-hydrogen) atoms. The predicted molar refractivity (Wildman–Crippen MR) is 141 cm³/mol. The Morgan fingerprint density at radius 1 is 0.886 bits per heavy atom. The van der Waals surface area contributed by atoms with Crippen LogP contribution in [-0.4, -0.2) is 23.5 Å². The number of aliphatic carboxylic acids is 1. The molecule has 0 heterocycles. The van der Waals surface area contributed by atoms with Crippen LogP contribution in [0.2, 0.25) is 0 Å². The maximum atomic E-state index is 13.0. The van der Waals surface area contributed by atoms with Crippen LogP contribution in [-0.2, 0) is 11.2 Å². The van der Waals surface area contributed by atoms with Gasteiger partial charge in [-0.05, 0) is 60.9 Å². The summed E-state index contributed by atoms with van der Waals surface area (Å²) in [6, 6.07) is 24.9. The Bertz CT molecular complexity index is 1100. The maximum Gasteiger partial charge on any atom is 0.328 e. The minimum atomic E-state index is -0.960. The van der Waals surface area contributed by atoms with E-state index >= 15 is 0 Å². The highest BCUT2D eigenvalue weighted by molar-refractivity contribution is 6.09. The van der Waals surface area contributed by atoms with Crippen LogP contribution < -0.4 is 4.74 Å². The largest absolute Gasteiger partial charge is 0.494 e. The molecule has 3 aromatic rings. The van der Waals surface area contributed by atoms with E-state index in [1.807, 2.05) is 72.8 Å². The molecule has 1 atom stereocenters. The summed E-state index contributed by atoms with van der Waals surface area (Å²) >= 11 is 0. The third-order valence-electron chi connectivity index (χ3n) is 6.14. The molecule has 1 N–H and O–H groups in total. The van der Waals surface area contributed by atoms with Crippen molar-refractivity contribution < 1.29 is 19.4 Å². The Morgan fingerprint density at radius 3 is 2.31 bits per heavy atom. The number of carboxylic acid groups (broad SMARTS) is 1. The molecule has 0 bridgehead atoms. The molecule has 0 saturated heterocycles. The molecule has 0 radical (unpaired) electrons. The van der Waals surface area contributed by atoms with Gasteiger partial charge in [0.1, 0.15) is 5.75 Å². The molecule has 0 aliphatic heterocycles. The second-order valence-corrected chi connectivity index (χ2v) is 8.78. The van der Waals surface area contributed by atoms with E-state index in [4.69, 9.17) is 9.84 Å². The molecule has 4 nitrogen and oxygen atoms in total. The molecule has 0 saturated carbocycles. The van der Waals surface area contributed by atoms with Crippen molar-refractivity contribution in [2.45, 2.75) is 45.4 Å². The second-order valence-electron chi connectivity index (χ2n) is 8.78. The van der Waals surface area contributed by atoms with Crippen LogP contribution in [0.15, 0.2) is 84.9 Å². The van der Waals surface area contributed by atoms with Gasteiger partial charge < -0.3 is 9.84 Å². The van der Waals surface area contributed by atoms with Crippen LogP contribution in [0, 0.1) is 5.92 Å². The molecular formula is C31H34O4. The number of hydrogen-bond donors (Lipinski definition) is 1. The van der Waals surface area contributed by atoms with Gasteiger partial charge in [-0.25, -0.2) is 4.79 Å². The minimum absolute atomic E-state index is 0.0890. The summed E-state index contributed by atoms with van der Waals surface area (Å²) in [5.41, 5.74) is 3.48. The van der Waals surface area contributed by atoms with Gasteiger partial charge in [-0.3, -0.25) is 4.79 Å². The van der Waals surface area contributed by atoms with Crippen molar-refractivity contribution in [1.82, 2.24) is 0 Å². The molecule has 0 aliphatic carbocycles.